The van der Waals surface area contributed by atoms with E-state index in [9.17, 15) is 0 Å². The van der Waals surface area contributed by atoms with Crippen molar-refractivity contribution in [1.29, 1.82) is 0 Å². The van der Waals surface area contributed by atoms with E-state index in [4.69, 9.17) is 10.5 Å². The van der Waals surface area contributed by atoms with Gasteiger partial charge in [0.2, 0.25) is 0 Å². The largest absolute Gasteiger partial charge is 0.364 e. The molecule has 0 unspecified atom stereocenters. The van der Waals surface area contributed by atoms with E-state index in [1.54, 1.807) is 0 Å². The van der Waals surface area contributed by atoms with Crippen molar-refractivity contribution >= 4 is 24.8 Å². The number of hydrogen-bond acceptors (Lipinski definition) is 3. The van der Waals surface area contributed by atoms with Crippen LogP contribution >= 0.6 is 24.8 Å². The quantitative estimate of drug-likeness (QED) is 0.853. The Morgan fingerprint density at radius 1 is 0.880 bits per heavy atom. The van der Waals surface area contributed by atoms with Crippen LogP contribution in [0.3, 0.4) is 0 Å². The summed E-state index contributed by atoms with van der Waals surface area (Å²) in [5.41, 5.74) is 7.80. The molecule has 2 aromatic rings. The molecule has 3 nitrogen and oxygen atoms in total. The lowest BCUT2D eigenvalue weighted by molar-refractivity contribution is -0.0101. The van der Waals surface area contributed by atoms with Crippen molar-refractivity contribution in [3.8, 4) is 0 Å². The van der Waals surface area contributed by atoms with Gasteiger partial charge in [-0.25, -0.2) is 0 Å². The van der Waals surface area contributed by atoms with Crippen molar-refractivity contribution in [3.05, 3.63) is 71.8 Å². The van der Waals surface area contributed by atoms with Gasteiger partial charge < -0.3 is 15.4 Å². The summed E-state index contributed by atoms with van der Waals surface area (Å²) in [6.07, 6.45) is 2.01. The molecule has 0 aliphatic carbocycles. The Bertz CT molecular complexity index is 556. The SMILES string of the molecule is Cl.Cl.NCCCN1CCOC(c2ccccc2)(c2ccccc2)CC1. The Kier molecular flexibility index (Phi) is 9.47. The average Bonchev–Trinajstić information content (AvgIpc) is 2.85. The summed E-state index contributed by atoms with van der Waals surface area (Å²) >= 11 is 0. The first-order valence-electron chi connectivity index (χ1n) is 8.52. The maximum Gasteiger partial charge on any atom is 0.119 e. The number of benzene rings is 2. The number of ether oxygens (including phenoxy) is 1. The molecule has 1 fully saturated rings. The third-order valence-electron chi connectivity index (χ3n) is 4.69. The first-order valence-corrected chi connectivity index (χ1v) is 8.52. The highest BCUT2D eigenvalue weighted by Gasteiger charge is 2.37. The summed E-state index contributed by atoms with van der Waals surface area (Å²) in [5.74, 6) is 0. The average molecular weight is 383 g/mol. The van der Waals surface area contributed by atoms with Crippen LogP contribution in [0.4, 0.5) is 0 Å². The maximum absolute atomic E-state index is 6.50. The Balaban J connectivity index is 0.00000156. The Morgan fingerprint density at radius 3 is 1.96 bits per heavy atom. The molecule has 0 saturated carbocycles. The highest BCUT2D eigenvalue weighted by atomic mass is 35.5. The van der Waals surface area contributed by atoms with Gasteiger partial charge in [0.25, 0.3) is 0 Å². The van der Waals surface area contributed by atoms with Crippen LogP contribution in [-0.4, -0.2) is 37.7 Å². The second-order valence-corrected chi connectivity index (χ2v) is 6.14. The van der Waals surface area contributed by atoms with E-state index >= 15 is 0 Å². The molecule has 5 heteroatoms. The maximum atomic E-state index is 6.50. The van der Waals surface area contributed by atoms with E-state index in [1.165, 1.54) is 11.1 Å². The number of nitrogens with zero attached hydrogens (tertiary/aromatic N) is 1. The zero-order valence-corrected chi connectivity index (χ0v) is 16.1. The van der Waals surface area contributed by atoms with E-state index in [2.05, 4.69) is 65.6 Å². The molecule has 1 saturated heterocycles. The van der Waals surface area contributed by atoms with Crippen LogP contribution in [0.25, 0.3) is 0 Å². The lowest BCUT2D eigenvalue weighted by Crippen LogP contribution is -2.32. The van der Waals surface area contributed by atoms with Crippen molar-refractivity contribution in [1.82, 2.24) is 4.90 Å². The van der Waals surface area contributed by atoms with Crippen LogP contribution < -0.4 is 5.73 Å². The van der Waals surface area contributed by atoms with Crippen LogP contribution in [0.1, 0.15) is 24.0 Å². The van der Waals surface area contributed by atoms with Gasteiger partial charge >= 0.3 is 0 Å². The zero-order chi connectivity index (χ0) is 16.0. The van der Waals surface area contributed by atoms with Gasteiger partial charge in [0.1, 0.15) is 5.60 Å². The van der Waals surface area contributed by atoms with Crippen LogP contribution in [-0.2, 0) is 10.3 Å². The highest BCUT2D eigenvalue weighted by Crippen LogP contribution is 2.38. The van der Waals surface area contributed by atoms with E-state index in [-0.39, 0.29) is 30.4 Å². The zero-order valence-electron chi connectivity index (χ0n) is 14.5. The molecule has 1 aliphatic heterocycles. The molecule has 2 N–H and O–H groups in total. The van der Waals surface area contributed by atoms with E-state index < -0.39 is 0 Å². The second kappa shape index (κ2) is 10.8. The standard InChI is InChI=1S/C20H26N2O.2ClH/c21-13-7-14-22-15-12-20(23-17-16-22,18-8-3-1-4-9-18)19-10-5-2-6-11-19;;/h1-6,8-11H,7,12-17,21H2;2*1H. The van der Waals surface area contributed by atoms with Crippen LogP contribution in [0, 0.1) is 0 Å². The highest BCUT2D eigenvalue weighted by molar-refractivity contribution is 5.85. The fourth-order valence-corrected chi connectivity index (χ4v) is 3.42. The Hall–Kier alpha value is -1.10. The minimum Gasteiger partial charge on any atom is -0.364 e. The second-order valence-electron chi connectivity index (χ2n) is 6.14. The predicted molar refractivity (Wildman–Crippen MR) is 109 cm³/mol. The molecular formula is C20H28Cl2N2O. The van der Waals surface area contributed by atoms with Crippen LogP contribution in [0.5, 0.6) is 0 Å². The Labute approximate surface area is 163 Å². The van der Waals surface area contributed by atoms with Gasteiger partial charge in [-0.2, -0.15) is 0 Å². The van der Waals surface area contributed by atoms with Gasteiger partial charge in [0.15, 0.2) is 0 Å². The minimum absolute atomic E-state index is 0. The van der Waals surface area contributed by atoms with E-state index in [1.807, 2.05) is 0 Å². The lowest BCUT2D eigenvalue weighted by atomic mass is 9.83. The van der Waals surface area contributed by atoms with E-state index in [0.29, 0.717) is 0 Å². The molecule has 3 rings (SSSR count). The summed E-state index contributed by atoms with van der Waals surface area (Å²) in [4.78, 5) is 2.47. The van der Waals surface area contributed by atoms with Crippen molar-refractivity contribution in [2.75, 3.05) is 32.8 Å². The first kappa shape index (κ1) is 21.9. The summed E-state index contributed by atoms with van der Waals surface area (Å²) in [6, 6.07) is 21.2. The van der Waals surface area contributed by atoms with Gasteiger partial charge in [-0.3, -0.25) is 0 Å². The third kappa shape index (κ3) is 5.19. The number of halogens is 2. The van der Waals surface area contributed by atoms with Gasteiger partial charge in [0.05, 0.1) is 6.61 Å². The normalized spacial score (nSPS) is 17.0. The molecule has 0 spiro atoms. The minimum atomic E-state index is -0.347. The predicted octanol–water partition coefficient (Wildman–Crippen LogP) is 3.84. The first-order chi connectivity index (χ1) is 11.3. The summed E-state index contributed by atoms with van der Waals surface area (Å²) in [5, 5.41) is 0. The molecule has 25 heavy (non-hydrogen) atoms. The molecule has 138 valence electrons. The molecule has 0 atom stereocenters. The van der Waals surface area contributed by atoms with Crippen LogP contribution in [0.2, 0.25) is 0 Å². The molecule has 0 amide bonds. The Morgan fingerprint density at radius 2 is 1.44 bits per heavy atom. The molecule has 0 bridgehead atoms. The number of rotatable bonds is 5. The lowest BCUT2D eigenvalue weighted by Gasteiger charge is -2.34. The van der Waals surface area contributed by atoms with Crippen LogP contribution in [0.15, 0.2) is 60.7 Å². The van der Waals surface area contributed by atoms with Crippen molar-refractivity contribution in [2.45, 2.75) is 18.4 Å². The number of nitrogens with two attached hydrogens (primary N) is 1. The van der Waals surface area contributed by atoms with Crippen molar-refractivity contribution < 1.29 is 4.74 Å². The monoisotopic (exact) mass is 382 g/mol. The number of hydrogen-bond donors (Lipinski definition) is 1. The smallest absolute Gasteiger partial charge is 0.119 e. The molecule has 0 aromatic heterocycles. The van der Waals surface area contributed by atoms with Gasteiger partial charge in [-0.05, 0) is 37.1 Å². The summed E-state index contributed by atoms with van der Waals surface area (Å²) in [7, 11) is 0. The fraction of sp³-hybridized carbons (Fsp3) is 0.400. The fourth-order valence-electron chi connectivity index (χ4n) is 3.42. The van der Waals surface area contributed by atoms with E-state index in [0.717, 1.165) is 45.6 Å². The molecule has 1 aliphatic rings. The summed E-state index contributed by atoms with van der Waals surface area (Å²) < 4.78 is 6.50. The summed E-state index contributed by atoms with van der Waals surface area (Å²) in [6.45, 7) is 4.55. The van der Waals surface area contributed by atoms with Crippen molar-refractivity contribution in [3.63, 3.8) is 0 Å². The van der Waals surface area contributed by atoms with Crippen molar-refractivity contribution in [2.24, 2.45) is 5.73 Å². The third-order valence-corrected chi connectivity index (χ3v) is 4.69. The molecule has 0 radical (unpaired) electrons. The van der Waals surface area contributed by atoms with Gasteiger partial charge in [0, 0.05) is 13.1 Å². The molecule has 2 aromatic carbocycles. The topological polar surface area (TPSA) is 38.5 Å². The molecule has 1 heterocycles. The van der Waals surface area contributed by atoms with Gasteiger partial charge in [-0.1, -0.05) is 60.7 Å². The van der Waals surface area contributed by atoms with Gasteiger partial charge in [-0.15, -0.1) is 24.8 Å². The molecular weight excluding hydrogens is 355 g/mol.